The second kappa shape index (κ2) is 9.18. The average Bonchev–Trinajstić information content (AvgIpc) is 3.28. The molecule has 0 atom stereocenters. The number of ether oxygens (including phenoxy) is 1. The van der Waals surface area contributed by atoms with Crippen LogP contribution in [0, 0.1) is 0 Å². The van der Waals surface area contributed by atoms with E-state index in [1.54, 1.807) is 72.7 Å². The van der Waals surface area contributed by atoms with Crippen LogP contribution in [-0.4, -0.2) is 40.9 Å². The highest BCUT2D eigenvalue weighted by Crippen LogP contribution is 2.33. The van der Waals surface area contributed by atoms with Gasteiger partial charge in [-0.15, -0.1) is 0 Å². The van der Waals surface area contributed by atoms with Gasteiger partial charge in [-0.2, -0.15) is 0 Å². The predicted octanol–water partition coefficient (Wildman–Crippen LogP) is 3.68. The molecule has 176 valence electrons. The van der Waals surface area contributed by atoms with E-state index >= 15 is 0 Å². The van der Waals surface area contributed by atoms with Crippen LogP contribution in [0.3, 0.4) is 0 Å². The van der Waals surface area contributed by atoms with Crippen molar-refractivity contribution in [2.24, 2.45) is 0 Å². The van der Waals surface area contributed by atoms with Crippen LogP contribution in [0.25, 0.3) is 0 Å². The number of carbonyl (C=O) groups is 2. The van der Waals surface area contributed by atoms with E-state index in [0.29, 0.717) is 24.4 Å². The van der Waals surface area contributed by atoms with Gasteiger partial charge in [0.1, 0.15) is 5.75 Å². The third-order valence-corrected chi connectivity index (χ3v) is 7.59. The zero-order valence-corrected chi connectivity index (χ0v) is 19.9. The van der Waals surface area contributed by atoms with E-state index in [0.717, 1.165) is 15.6 Å². The molecule has 1 aliphatic heterocycles. The van der Waals surface area contributed by atoms with Crippen LogP contribution in [0.4, 0.5) is 17.1 Å². The molecule has 0 fully saturated rings. The molecule has 8 nitrogen and oxygen atoms in total. The lowest BCUT2D eigenvalue weighted by molar-refractivity contribution is -0.116. The fourth-order valence-electron chi connectivity index (χ4n) is 3.97. The lowest BCUT2D eigenvalue weighted by Gasteiger charge is -2.23. The number of rotatable bonds is 6. The minimum atomic E-state index is -3.96. The van der Waals surface area contributed by atoms with E-state index in [9.17, 15) is 18.0 Å². The number of sulfonamides is 1. The quantitative estimate of drug-likeness (QED) is 0.582. The first kappa shape index (κ1) is 23.3. The third-order valence-electron chi connectivity index (χ3n) is 5.82. The number of fused-ring (bicyclic) bond motifs is 1. The molecule has 2 amide bonds. The van der Waals surface area contributed by atoms with Crippen molar-refractivity contribution in [3.8, 4) is 5.75 Å². The molecule has 0 radical (unpaired) electrons. The maximum absolute atomic E-state index is 13.5. The van der Waals surface area contributed by atoms with Crippen LogP contribution in [0.5, 0.6) is 5.75 Å². The predicted molar refractivity (Wildman–Crippen MR) is 131 cm³/mol. The van der Waals surface area contributed by atoms with Gasteiger partial charge in [0.05, 0.1) is 23.3 Å². The monoisotopic (exact) mass is 479 g/mol. The molecular weight excluding hydrogens is 454 g/mol. The lowest BCUT2D eigenvalue weighted by atomic mass is 10.1. The van der Waals surface area contributed by atoms with Crippen molar-refractivity contribution in [1.82, 2.24) is 0 Å². The van der Waals surface area contributed by atoms with Gasteiger partial charge in [-0.3, -0.25) is 13.9 Å². The number of hydrogen-bond donors (Lipinski definition) is 1. The van der Waals surface area contributed by atoms with Crippen molar-refractivity contribution in [2.45, 2.75) is 18.2 Å². The number of nitrogens with one attached hydrogen (secondary N) is 1. The van der Waals surface area contributed by atoms with Gasteiger partial charge < -0.3 is 15.0 Å². The van der Waals surface area contributed by atoms with E-state index < -0.39 is 15.9 Å². The summed E-state index contributed by atoms with van der Waals surface area (Å²) in [6, 6.07) is 18.1. The Kier molecular flexibility index (Phi) is 6.30. The van der Waals surface area contributed by atoms with E-state index in [1.807, 2.05) is 0 Å². The maximum Gasteiger partial charge on any atom is 0.264 e. The van der Waals surface area contributed by atoms with Crippen LogP contribution in [-0.2, 0) is 21.2 Å². The van der Waals surface area contributed by atoms with Gasteiger partial charge >= 0.3 is 0 Å². The topological polar surface area (TPSA) is 96.0 Å². The molecular formula is C25H25N3O5S. The summed E-state index contributed by atoms with van der Waals surface area (Å²) >= 11 is 0. The first-order valence-electron chi connectivity index (χ1n) is 10.7. The minimum Gasteiger partial charge on any atom is -0.497 e. The van der Waals surface area contributed by atoms with Crippen LogP contribution in [0.1, 0.15) is 22.8 Å². The van der Waals surface area contributed by atoms with E-state index in [1.165, 1.54) is 20.0 Å². The smallest absolute Gasteiger partial charge is 0.264 e. The van der Waals surface area contributed by atoms with Crippen LogP contribution in [0.15, 0.2) is 71.6 Å². The Hall–Kier alpha value is -3.85. The SMILES string of the molecule is COc1ccc(NC(=O)c2ccccc2N(C)S(=O)(=O)c2ccc3c(c2)CCN3C(C)=O)cc1. The summed E-state index contributed by atoms with van der Waals surface area (Å²) in [7, 11) is -0.979. The number of hydrogen-bond acceptors (Lipinski definition) is 5. The number of methoxy groups -OCH3 is 1. The molecule has 4 rings (SSSR count). The molecule has 0 unspecified atom stereocenters. The molecule has 1 N–H and O–H groups in total. The molecule has 0 bridgehead atoms. The van der Waals surface area contributed by atoms with Crippen LogP contribution in [0.2, 0.25) is 0 Å². The van der Waals surface area contributed by atoms with Crippen molar-refractivity contribution < 1.29 is 22.7 Å². The molecule has 3 aromatic carbocycles. The fraction of sp³-hybridized carbons (Fsp3) is 0.200. The van der Waals surface area contributed by atoms with Gasteiger partial charge in [0.2, 0.25) is 5.91 Å². The fourth-order valence-corrected chi connectivity index (χ4v) is 5.23. The summed E-state index contributed by atoms with van der Waals surface area (Å²) in [5, 5.41) is 2.79. The zero-order chi connectivity index (χ0) is 24.5. The molecule has 0 aliphatic carbocycles. The second-order valence-corrected chi connectivity index (χ2v) is 9.85. The molecule has 34 heavy (non-hydrogen) atoms. The highest BCUT2D eigenvalue weighted by Gasteiger charge is 2.28. The second-order valence-electron chi connectivity index (χ2n) is 7.88. The lowest BCUT2D eigenvalue weighted by Crippen LogP contribution is -2.29. The largest absolute Gasteiger partial charge is 0.497 e. The van der Waals surface area contributed by atoms with Gasteiger partial charge in [0.25, 0.3) is 15.9 Å². The van der Waals surface area contributed by atoms with Crippen molar-refractivity contribution in [1.29, 1.82) is 0 Å². The summed E-state index contributed by atoms with van der Waals surface area (Å²) in [5.41, 5.74) is 2.55. The highest BCUT2D eigenvalue weighted by atomic mass is 32.2. The number of amides is 2. The number of anilines is 3. The van der Waals surface area contributed by atoms with Gasteiger partial charge in [0, 0.05) is 31.9 Å². The van der Waals surface area contributed by atoms with Crippen molar-refractivity contribution in [2.75, 3.05) is 35.2 Å². The molecule has 1 aliphatic rings. The Morgan fingerprint density at radius 2 is 1.74 bits per heavy atom. The first-order chi connectivity index (χ1) is 16.2. The van der Waals surface area contributed by atoms with Gasteiger partial charge in [-0.1, -0.05) is 12.1 Å². The molecule has 9 heteroatoms. The van der Waals surface area contributed by atoms with Crippen molar-refractivity contribution in [3.05, 3.63) is 77.9 Å². The van der Waals surface area contributed by atoms with Gasteiger partial charge in [-0.25, -0.2) is 8.42 Å². The third kappa shape index (κ3) is 4.34. The average molecular weight is 480 g/mol. The number of benzene rings is 3. The number of carbonyl (C=O) groups excluding carboxylic acids is 2. The van der Waals surface area contributed by atoms with Crippen LogP contribution >= 0.6 is 0 Å². The highest BCUT2D eigenvalue weighted by molar-refractivity contribution is 7.92. The first-order valence-corrected chi connectivity index (χ1v) is 12.1. The van der Waals surface area contributed by atoms with E-state index in [2.05, 4.69) is 5.32 Å². The van der Waals surface area contributed by atoms with Crippen molar-refractivity contribution >= 4 is 38.9 Å². The minimum absolute atomic E-state index is 0.0803. The summed E-state index contributed by atoms with van der Waals surface area (Å²) in [6.45, 7) is 2.01. The van der Waals surface area contributed by atoms with E-state index in [4.69, 9.17) is 4.74 Å². The number of para-hydroxylation sites is 1. The van der Waals surface area contributed by atoms with E-state index in [-0.39, 0.29) is 22.1 Å². The normalized spacial score (nSPS) is 12.7. The van der Waals surface area contributed by atoms with Gasteiger partial charge in [0.15, 0.2) is 0 Å². The Morgan fingerprint density at radius 1 is 1.03 bits per heavy atom. The molecule has 0 aromatic heterocycles. The molecule has 0 spiro atoms. The van der Waals surface area contributed by atoms with Crippen LogP contribution < -0.4 is 19.3 Å². The summed E-state index contributed by atoms with van der Waals surface area (Å²) in [4.78, 5) is 26.5. The van der Waals surface area contributed by atoms with Gasteiger partial charge in [-0.05, 0) is 66.6 Å². The summed E-state index contributed by atoms with van der Waals surface area (Å²) < 4.78 is 33.1. The Labute approximate surface area is 198 Å². The molecule has 0 saturated heterocycles. The molecule has 0 saturated carbocycles. The zero-order valence-electron chi connectivity index (χ0n) is 19.1. The molecule has 1 heterocycles. The Bertz CT molecular complexity index is 1350. The maximum atomic E-state index is 13.5. The summed E-state index contributed by atoms with van der Waals surface area (Å²) in [5.74, 6) is 0.141. The number of nitrogens with zero attached hydrogens (tertiary/aromatic N) is 2. The summed E-state index contributed by atoms with van der Waals surface area (Å²) in [6.07, 6.45) is 0.586. The molecule has 3 aromatic rings. The standard InChI is InChI=1S/C25H25N3O5S/c1-17(29)28-15-14-18-16-21(12-13-23(18)28)34(31,32)27(2)24-7-5-4-6-22(24)25(30)26-19-8-10-20(33-3)11-9-19/h4-13,16H,14-15H2,1-3H3,(H,26,30). The van der Waals surface area contributed by atoms with Crippen molar-refractivity contribution in [3.63, 3.8) is 0 Å². The Balaban J connectivity index is 1.62. The Morgan fingerprint density at radius 3 is 2.41 bits per heavy atom.